The van der Waals surface area contributed by atoms with Gasteiger partial charge in [0.2, 0.25) is 0 Å². The van der Waals surface area contributed by atoms with E-state index in [1.54, 1.807) is 18.2 Å². The van der Waals surface area contributed by atoms with Gasteiger partial charge in [0.25, 0.3) is 0 Å². The summed E-state index contributed by atoms with van der Waals surface area (Å²) in [5.74, 6) is 0.143. The van der Waals surface area contributed by atoms with Gasteiger partial charge in [0.1, 0.15) is 0 Å². The molecule has 0 bridgehead atoms. The van der Waals surface area contributed by atoms with Gasteiger partial charge in [-0.05, 0) is 31.4 Å². The molecule has 0 spiro atoms. The van der Waals surface area contributed by atoms with Crippen LogP contribution in [0.5, 0.6) is 0 Å². The van der Waals surface area contributed by atoms with Crippen molar-refractivity contribution in [2.24, 2.45) is 5.41 Å². The first-order valence-corrected chi connectivity index (χ1v) is 7.86. The van der Waals surface area contributed by atoms with Gasteiger partial charge in [-0.3, -0.25) is 4.79 Å². The molecular weight excluding hydrogens is 288 g/mol. The second-order valence-electron chi connectivity index (χ2n) is 6.40. The molecule has 0 saturated carbocycles. The Bertz CT molecular complexity index is 475. The van der Waals surface area contributed by atoms with Crippen LogP contribution in [0, 0.1) is 5.41 Å². The summed E-state index contributed by atoms with van der Waals surface area (Å²) in [6.45, 7) is 5.73. The molecule has 0 aromatic heterocycles. The molecule has 0 unspecified atom stereocenters. The van der Waals surface area contributed by atoms with Gasteiger partial charge >= 0.3 is 0 Å². The van der Waals surface area contributed by atoms with Gasteiger partial charge in [-0.1, -0.05) is 37.6 Å². The average molecular weight is 311 g/mol. The summed E-state index contributed by atoms with van der Waals surface area (Å²) in [5, 5.41) is 0.604. The Morgan fingerprint density at radius 3 is 2.67 bits per heavy atom. The molecule has 1 aromatic rings. The Hall–Kier alpha value is -0.900. The highest BCUT2D eigenvalue weighted by Gasteiger charge is 2.27. The molecule has 0 amide bonds. The molecule has 0 radical (unpaired) electrons. The van der Waals surface area contributed by atoms with E-state index in [0.29, 0.717) is 17.0 Å². The predicted octanol–water partition coefficient (Wildman–Crippen LogP) is 4.48. The van der Waals surface area contributed by atoms with Gasteiger partial charge in [-0.15, -0.1) is 0 Å². The topological polar surface area (TPSA) is 35.5 Å². The number of hydrogen-bond donors (Lipinski definition) is 0. The molecule has 1 heterocycles. The lowest BCUT2D eigenvalue weighted by molar-refractivity contribution is -0.224. The Morgan fingerprint density at radius 1 is 1.29 bits per heavy atom. The van der Waals surface area contributed by atoms with Gasteiger partial charge in [0.15, 0.2) is 12.1 Å². The van der Waals surface area contributed by atoms with E-state index in [4.69, 9.17) is 21.1 Å². The van der Waals surface area contributed by atoms with E-state index in [2.05, 4.69) is 13.8 Å². The molecular formula is C17H23ClO3. The van der Waals surface area contributed by atoms with Crippen molar-refractivity contribution >= 4 is 17.4 Å². The third kappa shape index (κ3) is 5.42. The van der Waals surface area contributed by atoms with E-state index < -0.39 is 0 Å². The van der Waals surface area contributed by atoms with Crippen LogP contribution in [0.2, 0.25) is 5.02 Å². The number of ether oxygens (including phenoxy) is 2. The lowest BCUT2D eigenvalue weighted by Crippen LogP contribution is -2.37. The van der Waals surface area contributed by atoms with E-state index >= 15 is 0 Å². The standard InChI is InChI=1S/C17H23ClO3/c1-17(2)11-20-16(21-12-17)9-4-3-8-15(19)13-6-5-7-14(18)10-13/h5-7,10,16H,3-4,8-9,11-12H2,1-2H3. The van der Waals surface area contributed by atoms with E-state index in [1.165, 1.54) is 0 Å². The van der Waals surface area contributed by atoms with Crippen molar-refractivity contribution in [3.63, 3.8) is 0 Å². The van der Waals surface area contributed by atoms with E-state index in [1.807, 2.05) is 6.07 Å². The Balaban J connectivity index is 1.65. The third-order valence-electron chi connectivity index (χ3n) is 3.56. The van der Waals surface area contributed by atoms with E-state index in [0.717, 1.165) is 32.5 Å². The van der Waals surface area contributed by atoms with E-state index in [-0.39, 0.29) is 17.5 Å². The van der Waals surface area contributed by atoms with Crippen LogP contribution in [-0.2, 0) is 9.47 Å². The molecule has 1 aliphatic heterocycles. The number of halogens is 1. The maximum atomic E-state index is 12.0. The van der Waals surface area contributed by atoms with E-state index in [9.17, 15) is 4.79 Å². The van der Waals surface area contributed by atoms with Crippen molar-refractivity contribution in [3.05, 3.63) is 34.9 Å². The average Bonchev–Trinajstić information content (AvgIpc) is 2.45. The molecule has 1 saturated heterocycles. The number of ketones is 1. The molecule has 21 heavy (non-hydrogen) atoms. The highest BCUT2D eigenvalue weighted by molar-refractivity contribution is 6.31. The summed E-state index contributed by atoms with van der Waals surface area (Å²) in [6, 6.07) is 7.11. The van der Waals surface area contributed by atoms with Gasteiger partial charge < -0.3 is 9.47 Å². The van der Waals surface area contributed by atoms with Gasteiger partial charge in [0, 0.05) is 22.4 Å². The highest BCUT2D eigenvalue weighted by Crippen LogP contribution is 2.25. The monoisotopic (exact) mass is 310 g/mol. The van der Waals surface area contributed by atoms with Gasteiger partial charge in [0.05, 0.1) is 13.2 Å². The number of hydrogen-bond acceptors (Lipinski definition) is 3. The second-order valence-corrected chi connectivity index (χ2v) is 6.83. The summed E-state index contributed by atoms with van der Waals surface area (Å²) in [7, 11) is 0. The first-order valence-electron chi connectivity index (χ1n) is 7.48. The molecule has 0 N–H and O–H groups in total. The van der Waals surface area contributed by atoms with Crippen molar-refractivity contribution < 1.29 is 14.3 Å². The normalized spacial score (nSPS) is 18.6. The van der Waals surface area contributed by atoms with Crippen molar-refractivity contribution in [1.29, 1.82) is 0 Å². The fourth-order valence-corrected chi connectivity index (χ4v) is 2.49. The maximum Gasteiger partial charge on any atom is 0.162 e. The van der Waals surface area contributed by atoms with Crippen molar-refractivity contribution in [3.8, 4) is 0 Å². The zero-order chi connectivity index (χ0) is 15.3. The Morgan fingerprint density at radius 2 is 2.00 bits per heavy atom. The third-order valence-corrected chi connectivity index (χ3v) is 3.80. The minimum absolute atomic E-state index is 0.110. The Labute approximate surface area is 131 Å². The zero-order valence-corrected chi connectivity index (χ0v) is 13.5. The van der Waals surface area contributed by atoms with Crippen LogP contribution < -0.4 is 0 Å². The minimum atomic E-state index is -0.112. The minimum Gasteiger partial charge on any atom is -0.352 e. The number of carbonyl (C=O) groups excluding carboxylic acids is 1. The molecule has 1 fully saturated rings. The number of benzene rings is 1. The zero-order valence-electron chi connectivity index (χ0n) is 12.7. The first-order chi connectivity index (χ1) is 9.96. The maximum absolute atomic E-state index is 12.0. The number of unbranched alkanes of at least 4 members (excludes halogenated alkanes) is 1. The highest BCUT2D eigenvalue weighted by atomic mass is 35.5. The fraction of sp³-hybridized carbons (Fsp3) is 0.588. The molecule has 116 valence electrons. The fourth-order valence-electron chi connectivity index (χ4n) is 2.30. The van der Waals surface area contributed by atoms with Crippen LogP contribution in [0.4, 0.5) is 0 Å². The molecule has 1 aliphatic rings. The SMILES string of the molecule is CC1(C)COC(CCCCC(=O)c2cccc(Cl)c2)OC1. The Kier molecular flexibility index (Phi) is 5.80. The summed E-state index contributed by atoms with van der Waals surface area (Å²) < 4.78 is 11.4. The second kappa shape index (κ2) is 7.39. The van der Waals surface area contributed by atoms with Crippen LogP contribution in [0.3, 0.4) is 0 Å². The number of rotatable bonds is 6. The molecule has 4 heteroatoms. The summed E-state index contributed by atoms with van der Waals surface area (Å²) >= 11 is 5.89. The lowest BCUT2D eigenvalue weighted by Gasteiger charge is -2.34. The van der Waals surface area contributed by atoms with Gasteiger partial charge in [-0.25, -0.2) is 0 Å². The van der Waals surface area contributed by atoms with Crippen LogP contribution >= 0.6 is 11.6 Å². The summed E-state index contributed by atoms with van der Waals surface area (Å²) in [6.07, 6.45) is 3.05. The molecule has 1 aromatic carbocycles. The summed E-state index contributed by atoms with van der Waals surface area (Å²) in [4.78, 5) is 12.0. The largest absolute Gasteiger partial charge is 0.352 e. The van der Waals surface area contributed by atoms with Crippen LogP contribution in [0.15, 0.2) is 24.3 Å². The first kappa shape index (κ1) is 16.5. The molecule has 2 rings (SSSR count). The predicted molar refractivity (Wildman–Crippen MR) is 83.7 cm³/mol. The number of Topliss-reactive ketones (excluding diaryl/α,β-unsaturated/α-hetero) is 1. The lowest BCUT2D eigenvalue weighted by atomic mass is 9.95. The summed E-state index contributed by atoms with van der Waals surface area (Å²) in [5.41, 5.74) is 0.799. The van der Waals surface area contributed by atoms with Crippen LogP contribution in [0.25, 0.3) is 0 Å². The van der Waals surface area contributed by atoms with Crippen LogP contribution in [-0.4, -0.2) is 25.3 Å². The molecule has 3 nitrogen and oxygen atoms in total. The van der Waals surface area contributed by atoms with Crippen LogP contribution in [0.1, 0.15) is 49.9 Å². The molecule has 0 aliphatic carbocycles. The smallest absolute Gasteiger partial charge is 0.162 e. The quantitative estimate of drug-likeness (QED) is 0.574. The van der Waals surface area contributed by atoms with Gasteiger partial charge in [-0.2, -0.15) is 0 Å². The van der Waals surface area contributed by atoms with Crippen molar-refractivity contribution in [1.82, 2.24) is 0 Å². The van der Waals surface area contributed by atoms with Crippen molar-refractivity contribution in [2.45, 2.75) is 45.8 Å². The van der Waals surface area contributed by atoms with Crippen molar-refractivity contribution in [2.75, 3.05) is 13.2 Å². The molecule has 0 atom stereocenters. The number of carbonyl (C=O) groups is 1.